The Balaban J connectivity index is 1.70. The lowest BCUT2D eigenvalue weighted by Gasteiger charge is -2.35. The van der Waals surface area contributed by atoms with Crippen LogP contribution in [-0.2, 0) is 14.3 Å². The van der Waals surface area contributed by atoms with Gasteiger partial charge in [0.05, 0.1) is 12.3 Å². The molecule has 1 unspecified atom stereocenters. The van der Waals surface area contributed by atoms with Crippen LogP contribution in [0.2, 0.25) is 0 Å². The summed E-state index contributed by atoms with van der Waals surface area (Å²) in [4.78, 5) is 35.4. The zero-order valence-electron chi connectivity index (χ0n) is 21.3. The predicted molar refractivity (Wildman–Crippen MR) is 145 cm³/mol. The number of aryl methyl sites for hydroxylation is 1. The van der Waals surface area contributed by atoms with Crippen LogP contribution in [0.15, 0.2) is 61.5 Å². The molecule has 190 valence electrons. The number of nitrogens with zero attached hydrogens (tertiary/aromatic N) is 3. The molecule has 2 heterocycles. The van der Waals surface area contributed by atoms with Crippen LogP contribution in [0.5, 0.6) is 0 Å². The Labute approximate surface area is 214 Å². The molecule has 3 rings (SSSR count). The number of hydrogen-bond acceptors (Lipinski definition) is 6. The first-order valence-electron chi connectivity index (χ1n) is 12.5. The lowest BCUT2D eigenvalue weighted by Crippen LogP contribution is -2.35. The van der Waals surface area contributed by atoms with Crippen molar-refractivity contribution in [2.45, 2.75) is 51.9 Å². The van der Waals surface area contributed by atoms with Gasteiger partial charge in [-0.2, -0.15) is 0 Å². The van der Waals surface area contributed by atoms with Gasteiger partial charge in [-0.1, -0.05) is 36.9 Å². The molecule has 0 saturated carbocycles. The van der Waals surface area contributed by atoms with E-state index in [-0.39, 0.29) is 11.9 Å². The fraction of sp³-hybridized carbons (Fsp3) is 0.379. The molecule has 0 aliphatic carbocycles. The number of nitrogens with one attached hydrogen (secondary N) is 1. The van der Waals surface area contributed by atoms with E-state index in [0.717, 1.165) is 67.1 Å². The largest absolute Gasteiger partial charge is 0.463 e. The molecule has 0 radical (unpaired) electrons. The van der Waals surface area contributed by atoms with E-state index >= 15 is 0 Å². The number of carbonyl (C=O) groups excluding carboxylic acids is 2. The van der Waals surface area contributed by atoms with E-state index in [1.54, 1.807) is 25.4 Å². The first kappa shape index (κ1) is 26.9. The molecule has 1 aliphatic rings. The maximum atomic E-state index is 12.4. The lowest BCUT2D eigenvalue weighted by molar-refractivity contribution is -0.137. The van der Waals surface area contributed by atoms with Gasteiger partial charge in [-0.05, 0) is 63.3 Å². The molecule has 36 heavy (non-hydrogen) atoms. The fourth-order valence-electron chi connectivity index (χ4n) is 4.37. The van der Waals surface area contributed by atoms with Crippen LogP contribution in [0.25, 0.3) is 6.08 Å². The molecule has 1 N–H and O–H groups in total. The van der Waals surface area contributed by atoms with Gasteiger partial charge in [0, 0.05) is 42.8 Å². The summed E-state index contributed by atoms with van der Waals surface area (Å²) in [5.41, 5.74) is 4.58. The molecule has 1 saturated heterocycles. The van der Waals surface area contributed by atoms with Crippen LogP contribution in [0.4, 0.5) is 11.5 Å². The molecule has 0 bridgehead atoms. The van der Waals surface area contributed by atoms with Crippen molar-refractivity contribution in [2.75, 3.05) is 29.9 Å². The van der Waals surface area contributed by atoms with Crippen molar-refractivity contribution in [2.24, 2.45) is 0 Å². The van der Waals surface area contributed by atoms with Gasteiger partial charge in [0.15, 0.2) is 0 Å². The van der Waals surface area contributed by atoms with Crippen LogP contribution in [0.3, 0.4) is 0 Å². The summed E-state index contributed by atoms with van der Waals surface area (Å²) in [6, 6.07) is 8.11. The van der Waals surface area contributed by atoms with Gasteiger partial charge in [0.2, 0.25) is 5.91 Å². The van der Waals surface area contributed by atoms with E-state index in [4.69, 9.17) is 4.74 Å². The predicted octanol–water partition coefficient (Wildman–Crippen LogP) is 5.60. The highest BCUT2D eigenvalue weighted by atomic mass is 16.5. The molecule has 0 spiro atoms. The smallest absolute Gasteiger partial charge is 0.330 e. The lowest BCUT2D eigenvalue weighted by atomic mass is 9.90. The Morgan fingerprint density at radius 3 is 2.89 bits per heavy atom. The second-order valence-corrected chi connectivity index (χ2v) is 8.96. The van der Waals surface area contributed by atoms with Crippen molar-refractivity contribution in [3.05, 3.63) is 78.3 Å². The van der Waals surface area contributed by atoms with Gasteiger partial charge in [-0.25, -0.2) is 14.8 Å². The third kappa shape index (κ3) is 7.63. The average molecular weight is 489 g/mol. The van der Waals surface area contributed by atoms with E-state index in [1.807, 2.05) is 19.1 Å². The van der Waals surface area contributed by atoms with Crippen molar-refractivity contribution in [1.82, 2.24) is 9.97 Å². The summed E-state index contributed by atoms with van der Waals surface area (Å²) >= 11 is 0. The monoisotopic (exact) mass is 488 g/mol. The third-order valence-electron chi connectivity index (χ3n) is 6.29. The number of allylic oxidation sites excluding steroid dienone is 2. The Morgan fingerprint density at radius 1 is 1.28 bits per heavy atom. The van der Waals surface area contributed by atoms with Gasteiger partial charge in [0.1, 0.15) is 12.1 Å². The normalized spacial score (nSPS) is 15.5. The molecule has 2 aromatic rings. The number of benzene rings is 1. The highest BCUT2D eigenvalue weighted by molar-refractivity contribution is 5.90. The number of hydrogen-bond donors (Lipinski definition) is 1. The van der Waals surface area contributed by atoms with Crippen LogP contribution in [-0.4, -0.2) is 41.5 Å². The molecule has 1 aliphatic heterocycles. The van der Waals surface area contributed by atoms with Crippen molar-refractivity contribution >= 4 is 29.5 Å². The van der Waals surface area contributed by atoms with Crippen molar-refractivity contribution in [1.29, 1.82) is 0 Å². The fourth-order valence-corrected chi connectivity index (χ4v) is 4.37. The molecule has 1 aromatic carbocycles. The van der Waals surface area contributed by atoms with Crippen molar-refractivity contribution in [3.63, 3.8) is 0 Å². The van der Waals surface area contributed by atoms with Gasteiger partial charge in [0.25, 0.3) is 0 Å². The maximum Gasteiger partial charge on any atom is 0.330 e. The van der Waals surface area contributed by atoms with Crippen LogP contribution in [0.1, 0.15) is 61.8 Å². The number of amides is 1. The minimum atomic E-state index is -0.382. The topological polar surface area (TPSA) is 84.4 Å². The minimum Gasteiger partial charge on any atom is -0.463 e. The molecule has 7 heteroatoms. The Kier molecular flexibility index (Phi) is 9.98. The van der Waals surface area contributed by atoms with E-state index < -0.39 is 0 Å². The van der Waals surface area contributed by atoms with Gasteiger partial charge >= 0.3 is 5.97 Å². The number of rotatable bonds is 11. The number of aromatic nitrogens is 2. The van der Waals surface area contributed by atoms with Crippen LogP contribution >= 0.6 is 0 Å². The molecule has 7 nitrogen and oxygen atoms in total. The van der Waals surface area contributed by atoms with E-state index in [2.05, 4.69) is 45.5 Å². The zero-order valence-corrected chi connectivity index (χ0v) is 21.3. The number of esters is 1. The van der Waals surface area contributed by atoms with E-state index in [9.17, 15) is 9.59 Å². The maximum absolute atomic E-state index is 12.4. The second-order valence-electron chi connectivity index (χ2n) is 8.96. The van der Waals surface area contributed by atoms with Gasteiger partial charge in [-0.3, -0.25) is 4.79 Å². The Bertz CT molecular complexity index is 1130. The molecule has 1 fully saturated rings. The SMILES string of the molecule is C=CC(=C)CCCC(=O)Nc1cccc(C2CCCN(c3ncnc(C)c3/C=C/C(=O)OCC)C2)c1. The number of ether oxygens (including phenoxy) is 1. The summed E-state index contributed by atoms with van der Waals surface area (Å²) in [7, 11) is 0. The first-order valence-corrected chi connectivity index (χ1v) is 12.5. The van der Waals surface area contributed by atoms with E-state index in [1.165, 1.54) is 11.6 Å². The van der Waals surface area contributed by atoms with Crippen molar-refractivity contribution < 1.29 is 14.3 Å². The van der Waals surface area contributed by atoms with Gasteiger partial charge < -0.3 is 15.0 Å². The molecule has 1 aromatic heterocycles. The average Bonchev–Trinajstić information content (AvgIpc) is 2.88. The Hall–Kier alpha value is -3.74. The van der Waals surface area contributed by atoms with E-state index in [0.29, 0.717) is 18.9 Å². The molecule has 1 amide bonds. The van der Waals surface area contributed by atoms with Crippen molar-refractivity contribution in [3.8, 4) is 0 Å². The van der Waals surface area contributed by atoms with Crippen LogP contribution in [0, 0.1) is 6.92 Å². The highest BCUT2D eigenvalue weighted by Gasteiger charge is 2.24. The number of carbonyl (C=O) groups is 2. The quantitative estimate of drug-likeness (QED) is 0.252. The summed E-state index contributed by atoms with van der Waals surface area (Å²) < 4.78 is 5.02. The number of piperidine rings is 1. The third-order valence-corrected chi connectivity index (χ3v) is 6.29. The number of anilines is 2. The highest BCUT2D eigenvalue weighted by Crippen LogP contribution is 2.32. The summed E-state index contributed by atoms with van der Waals surface area (Å²) in [6.07, 6.45) is 10.5. The van der Waals surface area contributed by atoms with Crippen LogP contribution < -0.4 is 10.2 Å². The molecule has 1 atom stereocenters. The van der Waals surface area contributed by atoms with Gasteiger partial charge in [-0.15, -0.1) is 0 Å². The summed E-state index contributed by atoms with van der Waals surface area (Å²) in [5, 5.41) is 3.03. The molecular formula is C29H36N4O3. The minimum absolute atomic E-state index is 0.00349. The first-order chi connectivity index (χ1) is 17.4. The zero-order chi connectivity index (χ0) is 25.9. The second kappa shape index (κ2) is 13.4. The molecular weight excluding hydrogens is 452 g/mol. The standard InChI is InChI=1S/C29H36N4O3/c1-5-21(3)10-7-14-27(34)32-25-13-8-11-23(18-25)24-12-9-17-33(19-24)29-26(22(4)30-20-31-29)15-16-28(35)36-6-2/h5,8,11,13,15-16,18,20,24H,1,3,6-7,9-10,12,14,17,19H2,2,4H3,(H,32,34)/b16-15+. The Morgan fingerprint density at radius 2 is 2.11 bits per heavy atom. The summed E-state index contributed by atoms with van der Waals surface area (Å²) in [5.74, 6) is 0.735. The summed E-state index contributed by atoms with van der Waals surface area (Å²) in [6.45, 7) is 13.3.